The first-order valence-electron chi connectivity index (χ1n) is 7.73. The third-order valence-corrected chi connectivity index (χ3v) is 4.37. The highest BCUT2D eigenvalue weighted by molar-refractivity contribution is 5.32. The van der Waals surface area contributed by atoms with Crippen molar-refractivity contribution >= 4 is 0 Å². The van der Waals surface area contributed by atoms with E-state index in [1.807, 2.05) is 30.3 Å². The second kappa shape index (κ2) is 7.06. The zero-order chi connectivity index (χ0) is 16.1. The third kappa shape index (κ3) is 4.30. The van der Waals surface area contributed by atoms with Crippen molar-refractivity contribution in [3.63, 3.8) is 0 Å². The zero-order valence-electron chi connectivity index (χ0n) is 14.3. The Morgan fingerprint density at radius 2 is 1.81 bits per heavy atom. The van der Waals surface area contributed by atoms with E-state index in [0.717, 1.165) is 12.0 Å². The van der Waals surface area contributed by atoms with Gasteiger partial charge in [0, 0.05) is 18.1 Å². The molecule has 0 aromatic heterocycles. The molecular weight excluding hydrogens is 258 g/mol. The number of rotatable bonds is 7. The van der Waals surface area contributed by atoms with Gasteiger partial charge in [-0.1, -0.05) is 37.3 Å². The molecule has 1 aromatic carbocycles. The number of nitriles is 1. The molecular formula is C18H29N3. The molecule has 1 rings (SSSR count). The molecule has 116 valence electrons. The number of nitrogens with one attached hydrogen (secondary N) is 1. The number of hydrogen-bond acceptors (Lipinski definition) is 3. The van der Waals surface area contributed by atoms with Gasteiger partial charge in [-0.05, 0) is 46.7 Å². The molecule has 0 aliphatic rings. The molecule has 0 bridgehead atoms. The van der Waals surface area contributed by atoms with Gasteiger partial charge in [0.05, 0.1) is 6.07 Å². The molecule has 0 radical (unpaired) electrons. The number of nitrogens with zero attached hydrogens (tertiary/aromatic N) is 2. The Kier molecular flexibility index (Phi) is 5.95. The molecule has 0 spiro atoms. The first kappa shape index (κ1) is 17.7. The van der Waals surface area contributed by atoms with Gasteiger partial charge in [-0.25, -0.2) is 0 Å². The smallest absolute Gasteiger partial charge is 0.145 e. The van der Waals surface area contributed by atoms with Gasteiger partial charge in [-0.3, -0.25) is 10.2 Å². The van der Waals surface area contributed by atoms with Crippen LogP contribution in [0.5, 0.6) is 0 Å². The summed E-state index contributed by atoms with van der Waals surface area (Å²) >= 11 is 0. The largest absolute Gasteiger partial charge is 0.298 e. The van der Waals surface area contributed by atoms with Crippen molar-refractivity contribution in [1.82, 2.24) is 10.2 Å². The van der Waals surface area contributed by atoms with Crippen LogP contribution in [-0.2, 0) is 5.54 Å². The van der Waals surface area contributed by atoms with Crippen LogP contribution in [0.1, 0.15) is 46.6 Å². The molecule has 0 aliphatic carbocycles. The number of hydrogen-bond donors (Lipinski definition) is 1. The van der Waals surface area contributed by atoms with Crippen LogP contribution in [0.15, 0.2) is 30.3 Å². The summed E-state index contributed by atoms with van der Waals surface area (Å²) in [5, 5.41) is 13.4. The minimum atomic E-state index is -0.684. The summed E-state index contributed by atoms with van der Waals surface area (Å²) in [6.07, 6.45) is 1.04. The zero-order valence-corrected chi connectivity index (χ0v) is 14.3. The summed E-state index contributed by atoms with van der Waals surface area (Å²) in [7, 11) is 2.10. The van der Waals surface area contributed by atoms with Crippen molar-refractivity contribution in [3.05, 3.63) is 35.9 Å². The Bertz CT molecular complexity index is 473. The first-order valence-corrected chi connectivity index (χ1v) is 7.73. The van der Waals surface area contributed by atoms with Crippen molar-refractivity contribution in [2.24, 2.45) is 0 Å². The average Bonchev–Trinajstić information content (AvgIpc) is 2.46. The van der Waals surface area contributed by atoms with Crippen molar-refractivity contribution in [2.75, 3.05) is 13.6 Å². The summed E-state index contributed by atoms with van der Waals surface area (Å²) in [6.45, 7) is 11.4. The van der Waals surface area contributed by atoms with Crippen LogP contribution in [0.3, 0.4) is 0 Å². The molecule has 21 heavy (non-hydrogen) atoms. The lowest BCUT2D eigenvalue weighted by Crippen LogP contribution is -2.55. The maximum atomic E-state index is 9.93. The lowest BCUT2D eigenvalue weighted by molar-refractivity contribution is 0.116. The monoisotopic (exact) mass is 287 g/mol. The van der Waals surface area contributed by atoms with Gasteiger partial charge >= 0.3 is 0 Å². The van der Waals surface area contributed by atoms with E-state index in [9.17, 15) is 5.26 Å². The minimum absolute atomic E-state index is 0.0650. The molecule has 0 fully saturated rings. The van der Waals surface area contributed by atoms with Crippen LogP contribution >= 0.6 is 0 Å². The Hall–Kier alpha value is -1.37. The quantitative estimate of drug-likeness (QED) is 0.834. The third-order valence-electron chi connectivity index (χ3n) is 4.37. The molecule has 0 saturated heterocycles. The summed E-state index contributed by atoms with van der Waals surface area (Å²) < 4.78 is 0. The van der Waals surface area contributed by atoms with E-state index in [1.54, 1.807) is 0 Å². The fourth-order valence-electron chi connectivity index (χ4n) is 2.41. The summed E-state index contributed by atoms with van der Waals surface area (Å²) in [6, 6.07) is 12.8. The summed E-state index contributed by atoms with van der Waals surface area (Å²) in [5.41, 5.74) is 0.409. The first-order chi connectivity index (χ1) is 9.77. The fraction of sp³-hybridized carbons (Fsp3) is 0.611. The van der Waals surface area contributed by atoms with E-state index < -0.39 is 5.54 Å². The predicted octanol–water partition coefficient (Wildman–Crippen LogP) is 3.52. The van der Waals surface area contributed by atoms with E-state index in [4.69, 9.17) is 0 Å². The van der Waals surface area contributed by atoms with E-state index in [2.05, 4.69) is 58.0 Å². The molecule has 1 aromatic rings. The molecule has 0 saturated carbocycles. The van der Waals surface area contributed by atoms with Gasteiger partial charge < -0.3 is 0 Å². The van der Waals surface area contributed by atoms with Gasteiger partial charge in [0.25, 0.3) is 0 Å². The highest BCUT2D eigenvalue weighted by Crippen LogP contribution is 2.26. The fourth-order valence-corrected chi connectivity index (χ4v) is 2.41. The van der Waals surface area contributed by atoms with E-state index in [1.165, 1.54) is 0 Å². The van der Waals surface area contributed by atoms with E-state index >= 15 is 0 Å². The number of likely N-dealkylation sites (N-methyl/N-ethyl adjacent to an activating group) is 1. The maximum Gasteiger partial charge on any atom is 0.145 e. The van der Waals surface area contributed by atoms with Gasteiger partial charge in [-0.15, -0.1) is 0 Å². The van der Waals surface area contributed by atoms with Crippen LogP contribution in [0.4, 0.5) is 0 Å². The predicted molar refractivity (Wildman–Crippen MR) is 89.0 cm³/mol. The van der Waals surface area contributed by atoms with Crippen molar-refractivity contribution in [3.8, 4) is 6.07 Å². The molecule has 0 heterocycles. The molecule has 1 unspecified atom stereocenters. The highest BCUT2D eigenvalue weighted by atomic mass is 15.2. The van der Waals surface area contributed by atoms with Crippen molar-refractivity contribution < 1.29 is 0 Å². The lowest BCUT2D eigenvalue weighted by atomic mass is 9.87. The van der Waals surface area contributed by atoms with Crippen molar-refractivity contribution in [2.45, 2.75) is 58.2 Å². The number of benzene rings is 1. The summed E-state index contributed by atoms with van der Waals surface area (Å²) in [4.78, 5) is 2.28. The second-order valence-electron chi connectivity index (χ2n) is 6.70. The topological polar surface area (TPSA) is 39.1 Å². The molecule has 0 aliphatic heterocycles. The molecule has 1 atom stereocenters. The van der Waals surface area contributed by atoms with E-state index in [-0.39, 0.29) is 11.6 Å². The van der Waals surface area contributed by atoms with Gasteiger partial charge in [0.2, 0.25) is 0 Å². The molecule has 0 amide bonds. The van der Waals surface area contributed by atoms with Crippen LogP contribution in [0.25, 0.3) is 0 Å². The molecule has 1 N–H and O–H groups in total. The Morgan fingerprint density at radius 1 is 1.24 bits per heavy atom. The van der Waals surface area contributed by atoms with Crippen LogP contribution in [0.2, 0.25) is 0 Å². The summed E-state index contributed by atoms with van der Waals surface area (Å²) in [5.74, 6) is 0. The van der Waals surface area contributed by atoms with E-state index in [0.29, 0.717) is 6.54 Å². The Labute approximate surface area is 130 Å². The van der Waals surface area contributed by atoms with Gasteiger partial charge in [0.1, 0.15) is 5.54 Å². The lowest BCUT2D eigenvalue weighted by Gasteiger charge is -2.41. The average molecular weight is 287 g/mol. The molecule has 3 heteroatoms. The Morgan fingerprint density at radius 3 is 2.24 bits per heavy atom. The minimum Gasteiger partial charge on any atom is -0.298 e. The standard InChI is InChI=1S/C18H29N3/c1-7-17(4,5)21(6)14-18(13-19,20-15(2)3)16-11-9-8-10-12-16/h8-12,15,20H,7,14H2,1-6H3. The van der Waals surface area contributed by atoms with Crippen LogP contribution in [0, 0.1) is 11.3 Å². The normalized spacial score (nSPS) is 15.0. The van der Waals surface area contributed by atoms with Crippen LogP contribution in [-0.4, -0.2) is 30.1 Å². The van der Waals surface area contributed by atoms with Gasteiger partial charge in [0.15, 0.2) is 0 Å². The maximum absolute atomic E-state index is 9.93. The van der Waals surface area contributed by atoms with Crippen molar-refractivity contribution in [1.29, 1.82) is 5.26 Å². The van der Waals surface area contributed by atoms with Gasteiger partial charge in [-0.2, -0.15) is 5.26 Å². The second-order valence-corrected chi connectivity index (χ2v) is 6.70. The SMILES string of the molecule is CCC(C)(C)N(C)CC(C#N)(NC(C)C)c1ccccc1. The highest BCUT2D eigenvalue weighted by Gasteiger charge is 2.37. The Balaban J connectivity index is 3.17. The molecule has 3 nitrogen and oxygen atoms in total. The van der Waals surface area contributed by atoms with Crippen LogP contribution < -0.4 is 5.32 Å².